The summed E-state index contributed by atoms with van der Waals surface area (Å²) in [6, 6.07) is 0. The summed E-state index contributed by atoms with van der Waals surface area (Å²) in [5, 5.41) is 3.39. The van der Waals surface area contributed by atoms with E-state index in [-0.39, 0.29) is 48.1 Å². The largest absolute Gasteiger partial charge is 0.462 e. The fourth-order valence-corrected chi connectivity index (χ4v) is 7.60. The molecular weight excluding hydrogens is 498 g/mol. The Labute approximate surface area is 232 Å². The van der Waals surface area contributed by atoms with Crippen LogP contribution in [0, 0.1) is 23.7 Å². The van der Waals surface area contributed by atoms with Gasteiger partial charge in [0, 0.05) is 44.5 Å². The summed E-state index contributed by atoms with van der Waals surface area (Å²) in [6.45, 7) is 9.92. The van der Waals surface area contributed by atoms with Crippen LogP contribution in [0.1, 0.15) is 85.5 Å². The standard InChI is InChI=1S/C30H47N3O6/c1-5-18(2)28(36)39-29(3,4)30(16-21-11-19-7-8-27(35)37-23(19)14-24(21)38-30)15-20-12-25(31)32-17-22(20)13-26(34)33-9-6-10-33/h5,19-25,32H,6-17,31H2,1-4H3/t19?,20?,21?,22?,23?,24?,25?,30-/m1/s1. The Morgan fingerprint density at radius 3 is 2.64 bits per heavy atom. The molecule has 0 aromatic carbocycles. The lowest BCUT2D eigenvalue weighted by Gasteiger charge is -2.47. The van der Waals surface area contributed by atoms with Gasteiger partial charge in [-0.05, 0) is 89.9 Å². The van der Waals surface area contributed by atoms with E-state index in [4.69, 9.17) is 19.9 Å². The number of allylic oxidation sites excluding steroid dienone is 1. The molecule has 3 N–H and O–H groups in total. The smallest absolute Gasteiger partial charge is 0.334 e. The third kappa shape index (κ3) is 5.77. The first-order chi connectivity index (χ1) is 18.5. The molecule has 5 fully saturated rings. The topological polar surface area (TPSA) is 120 Å². The zero-order chi connectivity index (χ0) is 27.9. The first kappa shape index (κ1) is 28.6. The van der Waals surface area contributed by atoms with E-state index >= 15 is 0 Å². The molecule has 0 spiro atoms. The number of nitrogens with one attached hydrogen (secondary N) is 1. The van der Waals surface area contributed by atoms with Crippen molar-refractivity contribution in [3.8, 4) is 0 Å². The van der Waals surface area contributed by atoms with Crippen LogP contribution in [-0.4, -0.2) is 72.0 Å². The number of esters is 2. The SMILES string of the molecule is CC=C(C)C(=O)OC(C)(C)[C@@]1(CC2CC(N)NCC2CC(=O)N2CCC2)CC2CC3CCC(=O)OC3CC2O1. The van der Waals surface area contributed by atoms with Crippen molar-refractivity contribution >= 4 is 17.8 Å². The summed E-state index contributed by atoms with van der Waals surface area (Å²) >= 11 is 0. The summed E-state index contributed by atoms with van der Waals surface area (Å²) in [4.78, 5) is 40.0. The Morgan fingerprint density at radius 1 is 1.18 bits per heavy atom. The zero-order valence-electron chi connectivity index (χ0n) is 24.1. The van der Waals surface area contributed by atoms with Gasteiger partial charge in [0.15, 0.2) is 0 Å². The fourth-order valence-electron chi connectivity index (χ4n) is 7.60. The van der Waals surface area contributed by atoms with Crippen LogP contribution in [0.15, 0.2) is 11.6 Å². The average molecular weight is 546 g/mol. The first-order valence-corrected chi connectivity index (χ1v) is 15.0. The van der Waals surface area contributed by atoms with E-state index in [1.807, 2.05) is 25.7 Å². The number of hydrogen-bond acceptors (Lipinski definition) is 8. The van der Waals surface area contributed by atoms with E-state index in [0.29, 0.717) is 49.6 Å². The molecule has 0 bridgehead atoms. The van der Waals surface area contributed by atoms with Crippen LogP contribution < -0.4 is 11.1 Å². The maximum atomic E-state index is 13.0. The summed E-state index contributed by atoms with van der Waals surface area (Å²) < 4.78 is 19.0. The molecule has 4 aliphatic heterocycles. The zero-order valence-corrected chi connectivity index (χ0v) is 24.1. The minimum atomic E-state index is -0.908. The van der Waals surface area contributed by atoms with Crippen LogP contribution in [0.3, 0.4) is 0 Å². The van der Waals surface area contributed by atoms with Crippen molar-refractivity contribution in [2.24, 2.45) is 29.4 Å². The van der Waals surface area contributed by atoms with Crippen LogP contribution in [0.5, 0.6) is 0 Å². The molecule has 5 rings (SSSR count). The predicted molar refractivity (Wildman–Crippen MR) is 145 cm³/mol. The molecule has 9 nitrogen and oxygen atoms in total. The average Bonchev–Trinajstić information content (AvgIpc) is 3.21. The molecule has 1 aliphatic carbocycles. The van der Waals surface area contributed by atoms with Gasteiger partial charge in [-0.1, -0.05) is 6.08 Å². The van der Waals surface area contributed by atoms with Crippen molar-refractivity contribution in [1.29, 1.82) is 0 Å². The Bertz CT molecular complexity index is 993. The highest BCUT2D eigenvalue weighted by atomic mass is 16.6. The van der Waals surface area contributed by atoms with Crippen LogP contribution in [0.4, 0.5) is 0 Å². The van der Waals surface area contributed by atoms with Crippen LogP contribution in [-0.2, 0) is 28.6 Å². The van der Waals surface area contributed by atoms with Gasteiger partial charge in [0.2, 0.25) is 5.91 Å². The second kappa shape index (κ2) is 11.1. The predicted octanol–water partition coefficient (Wildman–Crippen LogP) is 3.06. The van der Waals surface area contributed by atoms with Gasteiger partial charge in [-0.25, -0.2) is 4.79 Å². The Balaban J connectivity index is 1.41. The number of hydrogen-bond donors (Lipinski definition) is 2. The fraction of sp³-hybridized carbons (Fsp3) is 0.833. The van der Waals surface area contributed by atoms with E-state index in [2.05, 4.69) is 5.32 Å². The molecule has 7 unspecified atom stereocenters. The van der Waals surface area contributed by atoms with Gasteiger partial charge in [-0.3, -0.25) is 9.59 Å². The van der Waals surface area contributed by atoms with Crippen molar-refractivity contribution in [3.63, 3.8) is 0 Å². The molecule has 1 amide bonds. The van der Waals surface area contributed by atoms with Crippen molar-refractivity contribution in [3.05, 3.63) is 11.6 Å². The van der Waals surface area contributed by atoms with Crippen molar-refractivity contribution in [2.45, 2.75) is 115 Å². The quantitative estimate of drug-likeness (QED) is 0.370. The number of carbonyl (C=O) groups excluding carboxylic acids is 3. The second-order valence-corrected chi connectivity index (χ2v) is 13.2. The summed E-state index contributed by atoms with van der Waals surface area (Å²) in [7, 11) is 0. The van der Waals surface area contributed by atoms with Gasteiger partial charge in [0.25, 0.3) is 0 Å². The first-order valence-electron chi connectivity index (χ1n) is 15.0. The highest BCUT2D eigenvalue weighted by Crippen LogP contribution is 2.55. The molecule has 5 aliphatic rings. The van der Waals surface area contributed by atoms with Crippen molar-refractivity contribution < 1.29 is 28.6 Å². The number of likely N-dealkylation sites (tertiary alicyclic amines) is 1. The van der Waals surface area contributed by atoms with Gasteiger partial charge in [0.05, 0.1) is 12.3 Å². The molecule has 218 valence electrons. The number of rotatable bonds is 7. The van der Waals surface area contributed by atoms with Gasteiger partial charge >= 0.3 is 11.9 Å². The molecule has 0 aromatic rings. The van der Waals surface area contributed by atoms with E-state index in [9.17, 15) is 14.4 Å². The van der Waals surface area contributed by atoms with E-state index in [1.54, 1.807) is 13.0 Å². The van der Waals surface area contributed by atoms with Crippen molar-refractivity contribution in [1.82, 2.24) is 10.2 Å². The lowest BCUT2D eigenvalue weighted by Crippen LogP contribution is -2.57. The molecule has 8 atom stereocenters. The van der Waals surface area contributed by atoms with E-state index < -0.39 is 11.2 Å². The maximum Gasteiger partial charge on any atom is 0.334 e. The summed E-state index contributed by atoms with van der Waals surface area (Å²) in [5.74, 6) is 0.696. The minimum absolute atomic E-state index is 0.0606. The summed E-state index contributed by atoms with van der Waals surface area (Å²) in [5.41, 5.74) is 5.32. The number of nitrogens with zero attached hydrogens (tertiary/aromatic N) is 1. The second-order valence-electron chi connectivity index (χ2n) is 13.2. The molecular formula is C30H47N3O6. The van der Waals surface area contributed by atoms with Crippen LogP contribution in [0.2, 0.25) is 0 Å². The van der Waals surface area contributed by atoms with Gasteiger partial charge in [0.1, 0.15) is 17.3 Å². The number of carbonyl (C=O) groups is 3. The van der Waals surface area contributed by atoms with Crippen LogP contribution >= 0.6 is 0 Å². The number of fused-ring (bicyclic) bond motifs is 2. The lowest BCUT2D eigenvalue weighted by molar-refractivity contribution is -0.207. The highest BCUT2D eigenvalue weighted by Gasteiger charge is 2.60. The maximum absolute atomic E-state index is 13.0. The Kier molecular flexibility index (Phi) is 8.15. The van der Waals surface area contributed by atoms with Gasteiger partial charge in [-0.15, -0.1) is 0 Å². The molecule has 0 radical (unpaired) electrons. The number of piperidine rings is 1. The third-order valence-electron chi connectivity index (χ3n) is 10.4. The van der Waals surface area contributed by atoms with Gasteiger partial charge < -0.3 is 30.2 Å². The molecule has 1 saturated carbocycles. The van der Waals surface area contributed by atoms with Gasteiger partial charge in [-0.2, -0.15) is 0 Å². The normalized spacial score (nSPS) is 38.8. The number of ether oxygens (including phenoxy) is 3. The van der Waals surface area contributed by atoms with E-state index in [0.717, 1.165) is 45.2 Å². The van der Waals surface area contributed by atoms with E-state index in [1.165, 1.54) is 0 Å². The highest BCUT2D eigenvalue weighted by molar-refractivity contribution is 5.88. The minimum Gasteiger partial charge on any atom is -0.462 e. The Morgan fingerprint density at radius 2 is 1.95 bits per heavy atom. The monoisotopic (exact) mass is 545 g/mol. The third-order valence-corrected chi connectivity index (χ3v) is 10.4. The lowest BCUT2D eigenvalue weighted by atomic mass is 9.67. The van der Waals surface area contributed by atoms with Crippen molar-refractivity contribution in [2.75, 3.05) is 19.6 Å². The molecule has 39 heavy (non-hydrogen) atoms. The molecule has 4 heterocycles. The summed E-state index contributed by atoms with van der Waals surface area (Å²) in [6.07, 6.45) is 8.17. The number of nitrogens with two attached hydrogens (primary N) is 1. The van der Waals surface area contributed by atoms with Crippen LogP contribution in [0.25, 0.3) is 0 Å². The number of amides is 1. The molecule has 9 heteroatoms. The Hall–Kier alpha value is -1.97. The molecule has 4 saturated heterocycles. The molecule has 0 aromatic heterocycles.